The van der Waals surface area contributed by atoms with Crippen LogP contribution in [0, 0.1) is 0 Å². The van der Waals surface area contributed by atoms with Crippen LogP contribution in [0.4, 0.5) is 0 Å². The van der Waals surface area contributed by atoms with Crippen molar-refractivity contribution in [1.29, 1.82) is 0 Å². The molecule has 0 fully saturated rings. The van der Waals surface area contributed by atoms with Crippen molar-refractivity contribution >= 4 is 40.7 Å². The Hall–Kier alpha value is -3.08. The molecule has 3 N–H and O–H groups in total. The fourth-order valence-electron chi connectivity index (χ4n) is 3.27. The van der Waals surface area contributed by atoms with Crippen molar-refractivity contribution in [2.45, 2.75) is 19.8 Å². The van der Waals surface area contributed by atoms with Gasteiger partial charge in [0.1, 0.15) is 11.6 Å². The minimum Gasteiger partial charge on any atom is -0.494 e. The number of nitrogens with zero attached hydrogens (tertiary/aromatic N) is 3. The molecule has 0 saturated heterocycles. The van der Waals surface area contributed by atoms with Gasteiger partial charge in [-0.25, -0.2) is 4.98 Å². The number of aliphatic imine (C=N–C) groups is 1. The van der Waals surface area contributed by atoms with Crippen molar-refractivity contribution < 1.29 is 9.15 Å². The van der Waals surface area contributed by atoms with Crippen LogP contribution < -0.4 is 15.4 Å². The van der Waals surface area contributed by atoms with Crippen LogP contribution in [0.25, 0.3) is 22.4 Å². The Bertz CT molecular complexity index is 1140. The summed E-state index contributed by atoms with van der Waals surface area (Å²) in [5.41, 5.74) is 0. The summed E-state index contributed by atoms with van der Waals surface area (Å²) in [6, 6.07) is 18.1. The number of benzene rings is 2. The number of ether oxygens (including phenoxy) is 1. The van der Waals surface area contributed by atoms with Gasteiger partial charge in [-0.2, -0.15) is 5.10 Å². The van der Waals surface area contributed by atoms with E-state index in [9.17, 15) is 0 Å². The summed E-state index contributed by atoms with van der Waals surface area (Å²) in [5, 5.41) is 16.1. The van der Waals surface area contributed by atoms with Gasteiger partial charge in [-0.05, 0) is 42.0 Å². The Morgan fingerprint density at radius 3 is 2.79 bits per heavy atom. The standard InChI is InChI=1S/C24H28N6O2.HI/c1-2-25-24(27-14-12-22-28-23(30-29-22)21-9-5-15-32-21)26-13-6-16-31-20-11-10-18-7-3-4-8-19(18)17-20;/h3-5,7-11,15,17H,2,6,12-14,16H2,1H3,(H2,25,26,27)(H,28,29,30);1H. The molecule has 33 heavy (non-hydrogen) atoms. The monoisotopic (exact) mass is 560 g/mol. The molecule has 9 heteroatoms. The Labute approximate surface area is 210 Å². The zero-order chi connectivity index (χ0) is 22.0. The smallest absolute Gasteiger partial charge is 0.216 e. The molecule has 0 aliphatic carbocycles. The first kappa shape index (κ1) is 24.6. The number of aromatic amines is 1. The van der Waals surface area contributed by atoms with Crippen LogP contribution in [0.5, 0.6) is 5.75 Å². The molecule has 0 spiro atoms. The molecular formula is C24H29IN6O2. The van der Waals surface area contributed by atoms with Gasteiger partial charge >= 0.3 is 0 Å². The molecule has 0 saturated carbocycles. The fourth-order valence-corrected chi connectivity index (χ4v) is 3.27. The maximum Gasteiger partial charge on any atom is 0.216 e. The zero-order valence-corrected chi connectivity index (χ0v) is 20.9. The van der Waals surface area contributed by atoms with E-state index >= 15 is 0 Å². The van der Waals surface area contributed by atoms with Crippen LogP contribution in [0.3, 0.4) is 0 Å². The minimum absolute atomic E-state index is 0. The number of nitrogens with one attached hydrogen (secondary N) is 3. The second-order valence-electron chi connectivity index (χ2n) is 7.23. The molecule has 2 heterocycles. The van der Waals surface area contributed by atoms with Gasteiger partial charge in [-0.3, -0.25) is 10.1 Å². The summed E-state index contributed by atoms with van der Waals surface area (Å²) in [7, 11) is 0. The van der Waals surface area contributed by atoms with Gasteiger partial charge in [0.05, 0.1) is 12.9 Å². The quantitative estimate of drug-likeness (QED) is 0.115. The van der Waals surface area contributed by atoms with Crippen molar-refractivity contribution in [3.05, 3.63) is 66.7 Å². The van der Waals surface area contributed by atoms with Crippen molar-refractivity contribution in [3.8, 4) is 17.3 Å². The molecule has 0 atom stereocenters. The number of halogens is 1. The number of furan rings is 1. The van der Waals surface area contributed by atoms with E-state index in [-0.39, 0.29) is 24.0 Å². The summed E-state index contributed by atoms with van der Waals surface area (Å²) in [6.07, 6.45) is 3.14. The van der Waals surface area contributed by atoms with Gasteiger partial charge in [0.25, 0.3) is 0 Å². The van der Waals surface area contributed by atoms with E-state index < -0.39 is 0 Å². The van der Waals surface area contributed by atoms with E-state index in [1.54, 1.807) is 6.26 Å². The van der Waals surface area contributed by atoms with Crippen LogP contribution in [0.15, 0.2) is 70.3 Å². The predicted molar refractivity (Wildman–Crippen MR) is 141 cm³/mol. The summed E-state index contributed by atoms with van der Waals surface area (Å²) in [5.74, 6) is 3.68. The highest BCUT2D eigenvalue weighted by Crippen LogP contribution is 2.20. The van der Waals surface area contributed by atoms with E-state index in [0.717, 1.165) is 30.5 Å². The van der Waals surface area contributed by atoms with Crippen LogP contribution in [0.1, 0.15) is 19.2 Å². The number of aromatic nitrogens is 3. The largest absolute Gasteiger partial charge is 0.494 e. The SMILES string of the molecule is CCNC(=NCCCOc1ccc2ccccc2c1)NCCc1nc(-c2ccco2)n[nH]1.I. The second kappa shape index (κ2) is 12.8. The number of fused-ring (bicyclic) bond motifs is 1. The Balaban J connectivity index is 0.00000306. The molecule has 2 aromatic heterocycles. The Morgan fingerprint density at radius 2 is 1.97 bits per heavy atom. The van der Waals surface area contributed by atoms with Gasteiger partial charge in [0, 0.05) is 32.5 Å². The van der Waals surface area contributed by atoms with E-state index in [4.69, 9.17) is 9.15 Å². The summed E-state index contributed by atoms with van der Waals surface area (Å²) < 4.78 is 11.2. The lowest BCUT2D eigenvalue weighted by atomic mass is 10.1. The highest BCUT2D eigenvalue weighted by molar-refractivity contribution is 14.0. The number of rotatable bonds is 10. The maximum absolute atomic E-state index is 5.89. The van der Waals surface area contributed by atoms with Gasteiger partial charge in [0.2, 0.25) is 5.82 Å². The zero-order valence-electron chi connectivity index (χ0n) is 18.6. The third kappa shape index (κ3) is 7.21. The number of hydrogen-bond acceptors (Lipinski definition) is 5. The molecule has 2 aromatic carbocycles. The lowest BCUT2D eigenvalue weighted by molar-refractivity contribution is 0.314. The molecule has 4 rings (SSSR count). The first-order valence-corrected chi connectivity index (χ1v) is 10.9. The van der Waals surface area contributed by atoms with Gasteiger partial charge in [0.15, 0.2) is 11.7 Å². The predicted octanol–water partition coefficient (Wildman–Crippen LogP) is 4.40. The van der Waals surface area contributed by atoms with Crippen LogP contribution >= 0.6 is 24.0 Å². The molecule has 8 nitrogen and oxygen atoms in total. The molecule has 0 aliphatic heterocycles. The van der Waals surface area contributed by atoms with Crippen molar-refractivity contribution in [1.82, 2.24) is 25.8 Å². The minimum atomic E-state index is 0. The maximum atomic E-state index is 5.89. The number of guanidine groups is 1. The molecule has 0 unspecified atom stereocenters. The van der Waals surface area contributed by atoms with Crippen molar-refractivity contribution in [2.75, 3.05) is 26.2 Å². The fraction of sp³-hybridized carbons (Fsp3) is 0.292. The lowest BCUT2D eigenvalue weighted by Gasteiger charge is -2.11. The van der Waals surface area contributed by atoms with Gasteiger partial charge in [-0.1, -0.05) is 30.3 Å². The average Bonchev–Trinajstić information content (AvgIpc) is 3.51. The molecule has 174 valence electrons. The molecule has 0 bridgehead atoms. The number of hydrogen-bond donors (Lipinski definition) is 3. The van der Waals surface area contributed by atoms with E-state index in [0.29, 0.717) is 37.7 Å². The topological polar surface area (TPSA) is 100 Å². The van der Waals surface area contributed by atoms with Crippen LogP contribution in [-0.2, 0) is 6.42 Å². The average molecular weight is 560 g/mol. The third-order valence-electron chi connectivity index (χ3n) is 4.83. The van der Waals surface area contributed by atoms with Crippen molar-refractivity contribution in [2.24, 2.45) is 4.99 Å². The molecule has 0 aliphatic rings. The van der Waals surface area contributed by atoms with Gasteiger partial charge < -0.3 is 19.8 Å². The third-order valence-corrected chi connectivity index (χ3v) is 4.83. The summed E-state index contributed by atoms with van der Waals surface area (Å²) >= 11 is 0. The lowest BCUT2D eigenvalue weighted by Crippen LogP contribution is -2.38. The molecule has 0 radical (unpaired) electrons. The van der Waals surface area contributed by atoms with Crippen LogP contribution in [-0.4, -0.2) is 47.4 Å². The normalized spacial score (nSPS) is 11.2. The molecular weight excluding hydrogens is 531 g/mol. The summed E-state index contributed by atoms with van der Waals surface area (Å²) in [6.45, 7) is 4.82. The highest BCUT2D eigenvalue weighted by Gasteiger charge is 2.08. The van der Waals surface area contributed by atoms with Crippen LogP contribution in [0.2, 0.25) is 0 Å². The van der Waals surface area contributed by atoms with E-state index in [1.165, 1.54) is 10.8 Å². The number of H-pyrrole nitrogens is 1. The van der Waals surface area contributed by atoms with Crippen molar-refractivity contribution in [3.63, 3.8) is 0 Å². The first-order chi connectivity index (χ1) is 15.8. The molecule has 4 aromatic rings. The highest BCUT2D eigenvalue weighted by atomic mass is 127. The second-order valence-corrected chi connectivity index (χ2v) is 7.23. The Kier molecular flexibility index (Phi) is 9.55. The molecule has 0 amide bonds. The Morgan fingerprint density at radius 1 is 1.09 bits per heavy atom. The summed E-state index contributed by atoms with van der Waals surface area (Å²) in [4.78, 5) is 9.08. The van der Waals surface area contributed by atoms with E-state index in [1.807, 2.05) is 37.3 Å². The first-order valence-electron chi connectivity index (χ1n) is 10.9. The van der Waals surface area contributed by atoms with Gasteiger partial charge in [-0.15, -0.1) is 24.0 Å². The van der Waals surface area contributed by atoms with E-state index in [2.05, 4.69) is 55.1 Å².